The number of likely N-dealkylation sites (N-methyl/N-ethyl adjacent to an activating group) is 1. The Morgan fingerprint density at radius 1 is 1.15 bits per heavy atom. The molecule has 0 fully saturated rings. The van der Waals surface area contributed by atoms with Crippen molar-refractivity contribution < 1.29 is 19.4 Å². The van der Waals surface area contributed by atoms with Gasteiger partial charge in [0.2, 0.25) is 5.91 Å². The minimum atomic E-state index is -0.906. The van der Waals surface area contributed by atoms with Crippen LogP contribution < -0.4 is 4.74 Å². The number of rotatable bonds is 8. The van der Waals surface area contributed by atoms with Crippen molar-refractivity contribution in [2.45, 2.75) is 26.9 Å². The molecule has 1 atom stereocenters. The maximum absolute atomic E-state index is 12.3. The molecule has 5 heteroatoms. The molecule has 5 nitrogen and oxygen atoms in total. The Balaban J connectivity index is 1.95. The molecule has 26 heavy (non-hydrogen) atoms. The normalized spacial score (nSPS) is 11.7. The van der Waals surface area contributed by atoms with Crippen LogP contribution in [0.15, 0.2) is 48.5 Å². The number of aliphatic carboxylic acids is 1. The number of carboxylic acid groups (broad SMARTS) is 1. The highest BCUT2D eigenvalue weighted by Crippen LogP contribution is 2.17. The van der Waals surface area contributed by atoms with Crippen LogP contribution in [-0.4, -0.2) is 35.5 Å². The largest absolute Gasteiger partial charge is 0.489 e. The Bertz CT molecular complexity index is 772. The van der Waals surface area contributed by atoms with E-state index in [0.29, 0.717) is 12.4 Å². The van der Waals surface area contributed by atoms with Crippen molar-refractivity contribution in [3.8, 4) is 5.75 Å². The summed E-state index contributed by atoms with van der Waals surface area (Å²) in [5.41, 5.74) is 3.14. The van der Waals surface area contributed by atoms with Crippen molar-refractivity contribution in [2.75, 3.05) is 13.6 Å². The molecule has 2 rings (SSSR count). The first-order valence-electron chi connectivity index (χ1n) is 8.60. The maximum Gasteiger partial charge on any atom is 0.308 e. The summed E-state index contributed by atoms with van der Waals surface area (Å²) in [5, 5.41) is 8.96. The first-order valence-corrected chi connectivity index (χ1v) is 8.60. The van der Waals surface area contributed by atoms with E-state index in [-0.39, 0.29) is 18.9 Å². The molecule has 0 aliphatic carbocycles. The van der Waals surface area contributed by atoms with Gasteiger partial charge in [-0.25, -0.2) is 0 Å². The zero-order valence-corrected chi connectivity index (χ0v) is 15.4. The minimum absolute atomic E-state index is 0.117. The van der Waals surface area contributed by atoms with Crippen molar-refractivity contribution in [1.82, 2.24) is 4.90 Å². The van der Waals surface area contributed by atoms with Crippen molar-refractivity contribution >= 4 is 11.9 Å². The zero-order chi connectivity index (χ0) is 19.1. The second kappa shape index (κ2) is 9.04. The van der Waals surface area contributed by atoms with Gasteiger partial charge in [0.25, 0.3) is 0 Å². The lowest BCUT2D eigenvalue weighted by Gasteiger charge is -2.19. The monoisotopic (exact) mass is 355 g/mol. The molecule has 1 amide bonds. The number of aryl methyl sites for hydroxylation is 1. The summed E-state index contributed by atoms with van der Waals surface area (Å²) >= 11 is 0. The molecule has 0 aromatic heterocycles. The van der Waals surface area contributed by atoms with Crippen LogP contribution in [0.2, 0.25) is 0 Å². The molecule has 0 aliphatic heterocycles. The van der Waals surface area contributed by atoms with Crippen LogP contribution >= 0.6 is 0 Å². The van der Waals surface area contributed by atoms with Gasteiger partial charge in [-0.2, -0.15) is 0 Å². The molecule has 0 saturated heterocycles. The first-order chi connectivity index (χ1) is 12.4. The Morgan fingerprint density at radius 2 is 1.88 bits per heavy atom. The fourth-order valence-corrected chi connectivity index (χ4v) is 2.58. The number of benzene rings is 2. The van der Waals surface area contributed by atoms with Crippen LogP contribution in [0.1, 0.15) is 23.6 Å². The molecule has 0 bridgehead atoms. The molecule has 2 aromatic carbocycles. The van der Waals surface area contributed by atoms with E-state index < -0.39 is 11.9 Å². The summed E-state index contributed by atoms with van der Waals surface area (Å²) in [6.07, 6.45) is 0.213. The van der Waals surface area contributed by atoms with Crippen LogP contribution in [0.5, 0.6) is 5.75 Å². The van der Waals surface area contributed by atoms with Gasteiger partial charge in [-0.3, -0.25) is 9.59 Å². The Hall–Kier alpha value is -2.82. The van der Waals surface area contributed by atoms with Crippen molar-refractivity contribution in [3.63, 3.8) is 0 Å². The second-order valence-electron chi connectivity index (χ2n) is 6.55. The predicted octanol–water partition coefficient (Wildman–Crippen LogP) is 3.30. The van der Waals surface area contributed by atoms with Crippen molar-refractivity contribution in [2.24, 2.45) is 5.92 Å². The molecule has 0 saturated carbocycles. The molecular weight excluding hydrogens is 330 g/mol. The maximum atomic E-state index is 12.3. The van der Waals surface area contributed by atoms with E-state index in [4.69, 9.17) is 9.84 Å². The molecule has 0 radical (unpaired) electrons. The number of carbonyl (C=O) groups is 2. The number of hydrogen-bond acceptors (Lipinski definition) is 3. The molecule has 138 valence electrons. The number of nitrogens with zero attached hydrogens (tertiary/aromatic N) is 1. The fraction of sp³-hybridized carbons (Fsp3) is 0.333. The van der Waals surface area contributed by atoms with E-state index in [2.05, 4.69) is 0 Å². The summed E-state index contributed by atoms with van der Waals surface area (Å²) in [7, 11) is 1.63. The van der Waals surface area contributed by atoms with Crippen LogP contribution in [0.4, 0.5) is 0 Å². The summed E-state index contributed by atoms with van der Waals surface area (Å²) in [6, 6.07) is 15.5. The average Bonchev–Trinajstić information content (AvgIpc) is 2.61. The smallest absolute Gasteiger partial charge is 0.308 e. The van der Waals surface area contributed by atoms with Gasteiger partial charge in [0.1, 0.15) is 12.4 Å². The lowest BCUT2D eigenvalue weighted by atomic mass is 10.1. The summed E-state index contributed by atoms with van der Waals surface area (Å²) in [6.45, 7) is 4.30. The van der Waals surface area contributed by atoms with Crippen LogP contribution in [-0.2, 0) is 22.6 Å². The van der Waals surface area contributed by atoms with Crippen LogP contribution in [0.3, 0.4) is 0 Å². The molecular formula is C21H25NO4. The third kappa shape index (κ3) is 5.62. The first kappa shape index (κ1) is 19.5. The lowest BCUT2D eigenvalue weighted by Crippen LogP contribution is -2.34. The summed E-state index contributed by atoms with van der Waals surface area (Å²) in [4.78, 5) is 24.7. The van der Waals surface area contributed by atoms with Gasteiger partial charge in [0.15, 0.2) is 0 Å². The van der Waals surface area contributed by atoms with E-state index in [0.717, 1.165) is 11.1 Å². The highest BCUT2D eigenvalue weighted by Gasteiger charge is 2.17. The summed E-state index contributed by atoms with van der Waals surface area (Å²) < 4.78 is 5.85. The number of ether oxygens (including phenoxy) is 1. The minimum Gasteiger partial charge on any atom is -0.489 e. The van der Waals surface area contributed by atoms with Crippen LogP contribution in [0, 0.1) is 12.8 Å². The zero-order valence-electron chi connectivity index (χ0n) is 15.4. The highest BCUT2D eigenvalue weighted by atomic mass is 16.5. The number of carboxylic acids is 1. The molecule has 0 spiro atoms. The Labute approximate surface area is 154 Å². The quantitative estimate of drug-likeness (QED) is 0.789. The van der Waals surface area contributed by atoms with Crippen molar-refractivity contribution in [1.29, 1.82) is 0 Å². The van der Waals surface area contributed by atoms with Crippen molar-refractivity contribution in [3.05, 3.63) is 65.2 Å². The van der Waals surface area contributed by atoms with Gasteiger partial charge in [0, 0.05) is 13.6 Å². The second-order valence-corrected chi connectivity index (χ2v) is 6.55. The molecule has 2 aromatic rings. The molecule has 1 N–H and O–H groups in total. The third-order valence-electron chi connectivity index (χ3n) is 4.30. The van der Waals surface area contributed by atoms with Gasteiger partial charge in [0.05, 0.1) is 12.3 Å². The predicted molar refractivity (Wildman–Crippen MR) is 100 cm³/mol. The van der Waals surface area contributed by atoms with E-state index >= 15 is 0 Å². The number of hydrogen-bond donors (Lipinski definition) is 1. The van der Waals surface area contributed by atoms with Gasteiger partial charge in [-0.15, -0.1) is 0 Å². The topological polar surface area (TPSA) is 66.8 Å². The molecule has 1 unspecified atom stereocenters. The van der Waals surface area contributed by atoms with E-state index in [1.54, 1.807) is 14.0 Å². The van der Waals surface area contributed by atoms with Crippen LogP contribution in [0.25, 0.3) is 0 Å². The Morgan fingerprint density at radius 3 is 2.58 bits per heavy atom. The van der Waals surface area contributed by atoms with E-state index in [1.165, 1.54) is 10.5 Å². The highest BCUT2D eigenvalue weighted by molar-refractivity contribution is 5.79. The van der Waals surface area contributed by atoms with Gasteiger partial charge in [-0.05, 0) is 35.7 Å². The Kier molecular flexibility index (Phi) is 6.78. The van der Waals surface area contributed by atoms with Gasteiger partial charge < -0.3 is 14.7 Å². The van der Waals surface area contributed by atoms with Gasteiger partial charge >= 0.3 is 5.97 Å². The average molecular weight is 355 g/mol. The van der Waals surface area contributed by atoms with E-state index in [1.807, 2.05) is 55.5 Å². The lowest BCUT2D eigenvalue weighted by molar-refractivity contribution is -0.142. The number of carbonyl (C=O) groups excluding carboxylic acids is 1. The number of amides is 1. The van der Waals surface area contributed by atoms with E-state index in [9.17, 15) is 9.59 Å². The fourth-order valence-electron chi connectivity index (χ4n) is 2.58. The third-order valence-corrected chi connectivity index (χ3v) is 4.30. The summed E-state index contributed by atoms with van der Waals surface area (Å²) in [5.74, 6) is -0.904. The SMILES string of the molecule is Cc1ccccc1COc1cccc(CC(=O)N(C)CC(C)C(=O)O)c1. The van der Waals surface area contributed by atoms with Gasteiger partial charge in [-0.1, -0.05) is 43.3 Å². The molecule has 0 heterocycles. The standard InChI is InChI=1S/C21H25NO4/c1-15-7-4-5-9-18(15)14-26-19-10-6-8-17(11-19)12-20(23)22(3)13-16(2)21(24)25/h4-11,16H,12-14H2,1-3H3,(H,24,25). The molecule has 0 aliphatic rings.